The predicted octanol–water partition coefficient (Wildman–Crippen LogP) is 2.92. The second kappa shape index (κ2) is 5.81. The number of nitrogens with zero attached hydrogens (tertiary/aromatic N) is 2. The first-order valence-corrected chi connectivity index (χ1v) is 7.74. The van der Waals surface area contributed by atoms with E-state index in [-0.39, 0.29) is 5.91 Å². The minimum Gasteiger partial charge on any atom is -0.387 e. The molecule has 2 aliphatic rings. The maximum atomic E-state index is 12.9. The van der Waals surface area contributed by atoms with E-state index in [2.05, 4.69) is 15.2 Å². The van der Waals surface area contributed by atoms with E-state index in [1.54, 1.807) is 12.4 Å². The van der Waals surface area contributed by atoms with Gasteiger partial charge in [0.2, 0.25) is 0 Å². The van der Waals surface area contributed by atoms with Crippen LogP contribution in [-0.4, -0.2) is 35.4 Å². The smallest absolute Gasteiger partial charge is 0.257 e. The van der Waals surface area contributed by atoms with Gasteiger partial charge in [-0.1, -0.05) is 12.8 Å². The van der Waals surface area contributed by atoms with E-state index in [4.69, 9.17) is 0 Å². The number of nitrogens with one attached hydrogen (secondary N) is 1. The molecule has 0 bridgehead atoms. The molecule has 2 unspecified atom stereocenters. The Hall–Kier alpha value is -1.58. The Labute approximate surface area is 120 Å². The van der Waals surface area contributed by atoms with Gasteiger partial charge in [-0.3, -0.25) is 9.78 Å². The van der Waals surface area contributed by atoms with Gasteiger partial charge >= 0.3 is 0 Å². The minimum atomic E-state index is 0.152. The molecule has 2 atom stereocenters. The van der Waals surface area contributed by atoms with Crippen LogP contribution in [0.2, 0.25) is 0 Å². The van der Waals surface area contributed by atoms with E-state index < -0.39 is 0 Å². The zero-order chi connectivity index (χ0) is 13.9. The summed E-state index contributed by atoms with van der Waals surface area (Å²) in [6, 6.07) is 2.32. The highest BCUT2D eigenvalue weighted by Gasteiger charge is 2.36. The summed E-state index contributed by atoms with van der Waals surface area (Å²) >= 11 is 0. The topological polar surface area (TPSA) is 45.2 Å². The number of carbonyl (C=O) groups excluding carboxylic acids is 1. The van der Waals surface area contributed by atoms with E-state index in [0.29, 0.717) is 11.6 Å². The Kier molecular flexibility index (Phi) is 3.90. The number of hydrogen-bond donors (Lipinski definition) is 1. The summed E-state index contributed by atoms with van der Waals surface area (Å²) in [5.74, 6) is 0.871. The molecular formula is C16H23N3O. The molecule has 0 spiro atoms. The molecule has 1 aliphatic carbocycles. The number of anilines is 1. The highest BCUT2D eigenvalue weighted by molar-refractivity contribution is 5.99. The van der Waals surface area contributed by atoms with Crippen LogP contribution in [-0.2, 0) is 0 Å². The number of amides is 1. The average Bonchev–Trinajstić information content (AvgIpc) is 2.53. The lowest BCUT2D eigenvalue weighted by Gasteiger charge is -2.44. The molecule has 1 aromatic heterocycles. The summed E-state index contributed by atoms with van der Waals surface area (Å²) < 4.78 is 0. The lowest BCUT2D eigenvalue weighted by atomic mass is 9.78. The number of carbonyl (C=O) groups is 1. The summed E-state index contributed by atoms with van der Waals surface area (Å²) in [5, 5.41) is 3.10. The van der Waals surface area contributed by atoms with Crippen LogP contribution in [0, 0.1) is 5.92 Å². The minimum absolute atomic E-state index is 0.152. The Morgan fingerprint density at radius 1 is 1.30 bits per heavy atom. The van der Waals surface area contributed by atoms with Gasteiger partial charge in [-0.25, -0.2) is 0 Å². The molecule has 2 fully saturated rings. The molecule has 4 nitrogen and oxygen atoms in total. The summed E-state index contributed by atoms with van der Waals surface area (Å²) in [4.78, 5) is 19.1. The Balaban J connectivity index is 1.85. The van der Waals surface area contributed by atoms with Gasteiger partial charge in [0.25, 0.3) is 5.91 Å². The van der Waals surface area contributed by atoms with Crippen LogP contribution in [0.4, 0.5) is 5.69 Å². The quantitative estimate of drug-likeness (QED) is 0.901. The molecule has 1 amide bonds. The van der Waals surface area contributed by atoms with Crippen LogP contribution in [0.25, 0.3) is 0 Å². The second-order valence-corrected chi connectivity index (χ2v) is 5.92. The van der Waals surface area contributed by atoms with Gasteiger partial charge in [-0.15, -0.1) is 0 Å². The van der Waals surface area contributed by atoms with Crippen LogP contribution in [0.3, 0.4) is 0 Å². The maximum absolute atomic E-state index is 12.9. The lowest BCUT2D eigenvalue weighted by Crippen LogP contribution is -2.49. The third-order valence-corrected chi connectivity index (χ3v) is 4.82. The molecule has 3 rings (SSSR count). The Bertz CT molecular complexity index is 486. The number of pyridine rings is 1. The first-order chi connectivity index (χ1) is 9.81. The highest BCUT2D eigenvalue weighted by atomic mass is 16.2. The molecule has 2 heterocycles. The third kappa shape index (κ3) is 2.39. The van der Waals surface area contributed by atoms with Crippen LogP contribution >= 0.6 is 0 Å². The molecule has 1 aliphatic heterocycles. The average molecular weight is 273 g/mol. The van der Waals surface area contributed by atoms with Crippen LogP contribution in [0.5, 0.6) is 0 Å². The fraction of sp³-hybridized carbons (Fsp3) is 0.625. The monoisotopic (exact) mass is 273 g/mol. The molecular weight excluding hydrogens is 250 g/mol. The SMILES string of the molecule is CNc1ccncc1C(=O)N1CCCC2CCCCC21. The van der Waals surface area contributed by atoms with Gasteiger partial charge in [0.1, 0.15) is 0 Å². The van der Waals surface area contributed by atoms with Crippen molar-refractivity contribution in [3.63, 3.8) is 0 Å². The standard InChI is InChI=1S/C16H23N3O/c1-17-14-8-9-18-11-13(14)16(20)19-10-4-6-12-5-2-3-7-15(12)19/h8-9,11-12,15H,2-7,10H2,1H3,(H,17,18). The molecule has 20 heavy (non-hydrogen) atoms. The van der Waals surface area contributed by atoms with Gasteiger partial charge in [-0.2, -0.15) is 0 Å². The van der Waals surface area contributed by atoms with E-state index in [1.165, 1.54) is 32.1 Å². The van der Waals surface area contributed by atoms with Gasteiger partial charge < -0.3 is 10.2 Å². The maximum Gasteiger partial charge on any atom is 0.257 e. The van der Waals surface area contributed by atoms with Crippen molar-refractivity contribution in [1.82, 2.24) is 9.88 Å². The zero-order valence-corrected chi connectivity index (χ0v) is 12.1. The fourth-order valence-corrected chi connectivity index (χ4v) is 3.81. The van der Waals surface area contributed by atoms with Crippen LogP contribution in [0.1, 0.15) is 48.9 Å². The molecule has 0 aromatic carbocycles. The number of rotatable bonds is 2. The number of piperidine rings is 1. The molecule has 4 heteroatoms. The van der Waals surface area contributed by atoms with E-state index in [9.17, 15) is 4.79 Å². The van der Waals surface area contributed by atoms with Crippen molar-refractivity contribution >= 4 is 11.6 Å². The predicted molar refractivity (Wildman–Crippen MR) is 79.8 cm³/mol. The number of fused-ring (bicyclic) bond motifs is 1. The van der Waals surface area contributed by atoms with Gasteiger partial charge in [0, 0.05) is 37.7 Å². The van der Waals surface area contributed by atoms with Crippen molar-refractivity contribution < 1.29 is 4.79 Å². The van der Waals surface area contributed by atoms with Crippen LogP contribution in [0.15, 0.2) is 18.5 Å². The Morgan fingerprint density at radius 3 is 2.95 bits per heavy atom. The largest absolute Gasteiger partial charge is 0.387 e. The van der Waals surface area contributed by atoms with Crippen molar-refractivity contribution in [2.75, 3.05) is 18.9 Å². The van der Waals surface area contributed by atoms with E-state index >= 15 is 0 Å². The first kappa shape index (κ1) is 13.4. The zero-order valence-electron chi connectivity index (χ0n) is 12.1. The third-order valence-electron chi connectivity index (χ3n) is 4.82. The van der Waals surface area contributed by atoms with Gasteiger partial charge in [0.05, 0.1) is 5.56 Å². The molecule has 1 saturated carbocycles. The molecule has 1 N–H and O–H groups in total. The van der Waals surface area contributed by atoms with Crippen molar-refractivity contribution in [1.29, 1.82) is 0 Å². The molecule has 1 saturated heterocycles. The van der Waals surface area contributed by atoms with Crippen molar-refractivity contribution in [2.45, 2.75) is 44.6 Å². The molecule has 108 valence electrons. The van der Waals surface area contributed by atoms with Crippen molar-refractivity contribution in [3.8, 4) is 0 Å². The van der Waals surface area contributed by atoms with E-state index in [0.717, 1.165) is 24.6 Å². The van der Waals surface area contributed by atoms with Crippen molar-refractivity contribution in [3.05, 3.63) is 24.0 Å². The lowest BCUT2D eigenvalue weighted by molar-refractivity contribution is 0.0391. The molecule has 1 aromatic rings. The summed E-state index contributed by atoms with van der Waals surface area (Å²) in [6.07, 6.45) is 10.9. The number of likely N-dealkylation sites (tertiary alicyclic amines) is 1. The first-order valence-electron chi connectivity index (χ1n) is 7.74. The normalized spacial score (nSPS) is 25.9. The summed E-state index contributed by atoms with van der Waals surface area (Å²) in [7, 11) is 1.85. The summed E-state index contributed by atoms with van der Waals surface area (Å²) in [5.41, 5.74) is 1.59. The summed E-state index contributed by atoms with van der Waals surface area (Å²) in [6.45, 7) is 0.901. The second-order valence-electron chi connectivity index (χ2n) is 5.92. The Morgan fingerprint density at radius 2 is 2.10 bits per heavy atom. The van der Waals surface area contributed by atoms with Gasteiger partial charge in [0.15, 0.2) is 0 Å². The van der Waals surface area contributed by atoms with Gasteiger partial charge in [-0.05, 0) is 37.7 Å². The molecule has 0 radical (unpaired) electrons. The van der Waals surface area contributed by atoms with E-state index in [1.807, 2.05) is 13.1 Å². The highest BCUT2D eigenvalue weighted by Crippen LogP contribution is 2.36. The fourth-order valence-electron chi connectivity index (χ4n) is 3.81. The van der Waals surface area contributed by atoms with Crippen LogP contribution < -0.4 is 5.32 Å². The number of aromatic nitrogens is 1. The van der Waals surface area contributed by atoms with Crippen molar-refractivity contribution in [2.24, 2.45) is 5.92 Å². The number of hydrogen-bond acceptors (Lipinski definition) is 3.